The zero-order chi connectivity index (χ0) is 14.5. The van der Waals surface area contributed by atoms with Gasteiger partial charge in [0.25, 0.3) is 0 Å². The SMILES string of the molecule is CCC(C#N)(CC)C(=O)NCc1ccc(F)c(F)c1. The third-order valence-electron chi connectivity index (χ3n) is 3.29. The van der Waals surface area contributed by atoms with Crippen molar-refractivity contribution in [2.75, 3.05) is 0 Å². The number of nitriles is 1. The summed E-state index contributed by atoms with van der Waals surface area (Å²) in [5, 5.41) is 11.7. The Morgan fingerprint density at radius 2 is 1.95 bits per heavy atom. The van der Waals surface area contributed by atoms with E-state index in [2.05, 4.69) is 5.32 Å². The fourth-order valence-electron chi connectivity index (χ4n) is 1.78. The molecule has 1 aromatic rings. The summed E-state index contributed by atoms with van der Waals surface area (Å²) in [6.07, 6.45) is 0.813. The molecule has 0 aliphatic rings. The number of carbonyl (C=O) groups is 1. The molecule has 0 unspecified atom stereocenters. The van der Waals surface area contributed by atoms with E-state index in [1.54, 1.807) is 13.8 Å². The van der Waals surface area contributed by atoms with Gasteiger partial charge < -0.3 is 5.32 Å². The molecule has 102 valence electrons. The predicted octanol–water partition coefficient (Wildman–Crippen LogP) is 2.91. The minimum Gasteiger partial charge on any atom is -0.351 e. The van der Waals surface area contributed by atoms with Crippen LogP contribution >= 0.6 is 0 Å². The second-order valence-corrected chi connectivity index (χ2v) is 4.33. The maximum atomic E-state index is 13.0. The van der Waals surface area contributed by atoms with Crippen LogP contribution in [0.2, 0.25) is 0 Å². The number of hydrogen-bond acceptors (Lipinski definition) is 2. The molecule has 1 rings (SSSR count). The van der Waals surface area contributed by atoms with E-state index in [4.69, 9.17) is 5.26 Å². The van der Waals surface area contributed by atoms with Crippen molar-refractivity contribution in [2.45, 2.75) is 33.2 Å². The zero-order valence-corrected chi connectivity index (χ0v) is 11.0. The van der Waals surface area contributed by atoms with E-state index in [0.717, 1.165) is 12.1 Å². The Bertz CT molecular complexity index is 505. The Labute approximate surface area is 111 Å². The first-order valence-electron chi connectivity index (χ1n) is 6.12. The summed E-state index contributed by atoms with van der Waals surface area (Å²) in [5.74, 6) is -2.27. The fraction of sp³-hybridized carbons (Fsp3) is 0.429. The normalized spacial score (nSPS) is 10.9. The quantitative estimate of drug-likeness (QED) is 0.890. The third kappa shape index (κ3) is 3.28. The number of rotatable bonds is 5. The van der Waals surface area contributed by atoms with Gasteiger partial charge in [0.1, 0.15) is 5.41 Å². The molecule has 0 bridgehead atoms. The Hall–Kier alpha value is -1.96. The maximum Gasteiger partial charge on any atom is 0.240 e. The Kier molecular flexibility index (Phi) is 4.99. The van der Waals surface area contributed by atoms with Crippen LogP contribution in [0.5, 0.6) is 0 Å². The molecule has 1 amide bonds. The smallest absolute Gasteiger partial charge is 0.240 e. The van der Waals surface area contributed by atoms with Crippen LogP contribution in [0.25, 0.3) is 0 Å². The Morgan fingerprint density at radius 1 is 1.32 bits per heavy atom. The number of benzene rings is 1. The first-order chi connectivity index (χ1) is 8.99. The minimum absolute atomic E-state index is 0.0689. The van der Waals surface area contributed by atoms with Gasteiger partial charge in [-0.15, -0.1) is 0 Å². The van der Waals surface area contributed by atoms with Crippen LogP contribution in [0.4, 0.5) is 8.78 Å². The lowest BCUT2D eigenvalue weighted by Gasteiger charge is -2.22. The number of amides is 1. The lowest BCUT2D eigenvalue weighted by atomic mass is 9.83. The Balaban J connectivity index is 2.73. The number of halogens is 2. The molecular weight excluding hydrogens is 250 g/mol. The lowest BCUT2D eigenvalue weighted by molar-refractivity contribution is -0.128. The van der Waals surface area contributed by atoms with E-state index < -0.39 is 17.0 Å². The molecule has 5 heteroatoms. The van der Waals surface area contributed by atoms with E-state index in [9.17, 15) is 13.6 Å². The number of hydrogen-bond donors (Lipinski definition) is 1. The third-order valence-corrected chi connectivity index (χ3v) is 3.29. The van der Waals surface area contributed by atoms with Gasteiger partial charge in [0.05, 0.1) is 6.07 Å². The molecule has 1 aromatic carbocycles. The van der Waals surface area contributed by atoms with Gasteiger partial charge in [-0.3, -0.25) is 4.79 Å². The topological polar surface area (TPSA) is 52.9 Å². The molecule has 0 saturated heterocycles. The summed E-state index contributed by atoms with van der Waals surface area (Å²) < 4.78 is 25.7. The second kappa shape index (κ2) is 6.28. The molecule has 19 heavy (non-hydrogen) atoms. The van der Waals surface area contributed by atoms with E-state index >= 15 is 0 Å². The average Bonchev–Trinajstić information content (AvgIpc) is 2.42. The van der Waals surface area contributed by atoms with E-state index in [1.807, 2.05) is 6.07 Å². The minimum atomic E-state index is -1.06. The summed E-state index contributed by atoms with van der Waals surface area (Å²) in [4.78, 5) is 12.0. The number of nitrogens with zero attached hydrogens (tertiary/aromatic N) is 1. The van der Waals surface area contributed by atoms with Gasteiger partial charge in [0.15, 0.2) is 11.6 Å². The summed E-state index contributed by atoms with van der Waals surface area (Å²) in [7, 11) is 0. The highest BCUT2D eigenvalue weighted by atomic mass is 19.2. The van der Waals surface area contributed by atoms with Crippen LogP contribution < -0.4 is 5.32 Å². The highest BCUT2D eigenvalue weighted by Gasteiger charge is 2.34. The monoisotopic (exact) mass is 266 g/mol. The number of nitrogens with one attached hydrogen (secondary N) is 1. The van der Waals surface area contributed by atoms with Crippen LogP contribution in [0.3, 0.4) is 0 Å². The van der Waals surface area contributed by atoms with Gasteiger partial charge in [-0.05, 0) is 30.5 Å². The van der Waals surface area contributed by atoms with Crippen molar-refractivity contribution in [1.82, 2.24) is 5.32 Å². The van der Waals surface area contributed by atoms with Gasteiger partial charge in [-0.1, -0.05) is 19.9 Å². The molecule has 0 aliphatic carbocycles. The van der Waals surface area contributed by atoms with Crippen molar-refractivity contribution in [2.24, 2.45) is 5.41 Å². The van der Waals surface area contributed by atoms with Crippen molar-refractivity contribution in [3.05, 3.63) is 35.4 Å². The van der Waals surface area contributed by atoms with Gasteiger partial charge >= 0.3 is 0 Å². The standard InChI is InChI=1S/C14H16F2N2O/c1-3-14(4-2,9-17)13(19)18-8-10-5-6-11(15)12(16)7-10/h5-7H,3-4,8H2,1-2H3,(H,18,19). The largest absolute Gasteiger partial charge is 0.351 e. The fourth-order valence-corrected chi connectivity index (χ4v) is 1.78. The first-order valence-corrected chi connectivity index (χ1v) is 6.12. The molecule has 0 aromatic heterocycles. The summed E-state index contributed by atoms with van der Waals surface area (Å²) >= 11 is 0. The molecule has 0 fully saturated rings. The van der Waals surface area contributed by atoms with E-state index in [-0.39, 0.29) is 12.5 Å². The second-order valence-electron chi connectivity index (χ2n) is 4.33. The highest BCUT2D eigenvalue weighted by molar-refractivity contribution is 5.85. The van der Waals surface area contributed by atoms with Crippen molar-refractivity contribution < 1.29 is 13.6 Å². The van der Waals surface area contributed by atoms with Gasteiger partial charge in [0, 0.05) is 6.54 Å². The predicted molar refractivity (Wildman–Crippen MR) is 66.8 cm³/mol. The van der Waals surface area contributed by atoms with E-state index in [0.29, 0.717) is 18.4 Å². The maximum absolute atomic E-state index is 13.0. The molecule has 0 saturated carbocycles. The lowest BCUT2D eigenvalue weighted by Crippen LogP contribution is -2.39. The molecule has 0 radical (unpaired) electrons. The van der Waals surface area contributed by atoms with E-state index in [1.165, 1.54) is 6.07 Å². The van der Waals surface area contributed by atoms with Crippen molar-refractivity contribution in [3.63, 3.8) is 0 Å². The molecule has 0 heterocycles. The number of carbonyl (C=O) groups excluding carboxylic acids is 1. The highest BCUT2D eigenvalue weighted by Crippen LogP contribution is 2.25. The summed E-state index contributed by atoms with van der Waals surface area (Å²) in [5.41, 5.74) is -0.607. The van der Waals surface area contributed by atoms with Crippen LogP contribution in [0, 0.1) is 28.4 Å². The van der Waals surface area contributed by atoms with Crippen molar-refractivity contribution in [3.8, 4) is 6.07 Å². The molecule has 0 aliphatic heterocycles. The van der Waals surface area contributed by atoms with Crippen LogP contribution in [-0.2, 0) is 11.3 Å². The molecule has 0 spiro atoms. The van der Waals surface area contributed by atoms with Crippen LogP contribution in [0.15, 0.2) is 18.2 Å². The van der Waals surface area contributed by atoms with Gasteiger partial charge in [0.2, 0.25) is 5.91 Å². The van der Waals surface area contributed by atoms with Gasteiger partial charge in [-0.25, -0.2) is 8.78 Å². The Morgan fingerprint density at radius 3 is 2.42 bits per heavy atom. The average molecular weight is 266 g/mol. The van der Waals surface area contributed by atoms with Gasteiger partial charge in [-0.2, -0.15) is 5.26 Å². The molecule has 3 nitrogen and oxygen atoms in total. The summed E-state index contributed by atoms with van der Waals surface area (Å²) in [6, 6.07) is 5.46. The van der Waals surface area contributed by atoms with Crippen molar-refractivity contribution in [1.29, 1.82) is 5.26 Å². The molecular formula is C14H16F2N2O. The van der Waals surface area contributed by atoms with Crippen LogP contribution in [0.1, 0.15) is 32.3 Å². The van der Waals surface area contributed by atoms with Crippen molar-refractivity contribution >= 4 is 5.91 Å². The first kappa shape index (κ1) is 15.1. The zero-order valence-electron chi connectivity index (χ0n) is 11.0. The van der Waals surface area contributed by atoms with Crippen LogP contribution in [-0.4, -0.2) is 5.91 Å². The molecule has 0 atom stereocenters. The summed E-state index contributed by atoms with van der Waals surface area (Å²) in [6.45, 7) is 3.60. The molecule has 1 N–H and O–H groups in total.